The van der Waals surface area contributed by atoms with Crippen LogP contribution in [0.25, 0.3) is 72.2 Å². The Morgan fingerprint density at radius 1 is 0.573 bits per heavy atom. The first-order valence-electron chi connectivity index (χ1n) is 25.7. The molecule has 1 aliphatic heterocycles. The number of nitrogens with one attached hydrogen (secondary N) is 1. The minimum Gasteiger partial charge on any atom is -0.354 e. The van der Waals surface area contributed by atoms with Crippen molar-refractivity contribution in [3.63, 3.8) is 0 Å². The molecular weight excluding hydrogens is 932 g/mol. The van der Waals surface area contributed by atoms with E-state index in [1.807, 2.05) is 48.9 Å². The van der Waals surface area contributed by atoms with E-state index in [-0.39, 0.29) is 0 Å². The van der Waals surface area contributed by atoms with Gasteiger partial charge in [0.2, 0.25) is 0 Å². The number of benzene rings is 8. The van der Waals surface area contributed by atoms with Crippen LogP contribution in [0.5, 0.6) is 0 Å². The van der Waals surface area contributed by atoms with Crippen molar-refractivity contribution in [2.24, 2.45) is 0 Å². The van der Waals surface area contributed by atoms with Crippen LogP contribution >= 0.6 is 0 Å². The predicted molar refractivity (Wildman–Crippen MR) is 303 cm³/mol. The molecule has 8 aromatic carbocycles. The molecule has 0 saturated carbocycles. The molecule has 1 aliphatic rings. The molecule has 3 aromatic heterocycles. The third-order valence-corrected chi connectivity index (χ3v) is 16.2. The van der Waals surface area contributed by atoms with E-state index in [1.165, 1.54) is 34.4 Å². The van der Waals surface area contributed by atoms with Gasteiger partial charge in [0, 0.05) is 44.4 Å². The van der Waals surface area contributed by atoms with Gasteiger partial charge < -0.3 is 4.98 Å². The summed E-state index contributed by atoms with van der Waals surface area (Å²) in [6.45, 7) is 21.4. The number of para-hydroxylation sites is 2. The number of hydrogen-bond donors (Lipinski definition) is 1. The molecule has 0 amide bonds. The average molecular weight is 990 g/mol. The van der Waals surface area contributed by atoms with E-state index in [2.05, 4.69) is 187 Å². The Bertz CT molecular complexity index is 4110. The number of nitrogens with zero attached hydrogens (tertiary/aromatic N) is 4. The molecule has 0 fully saturated rings. The van der Waals surface area contributed by atoms with Gasteiger partial charge in [-0.05, 0) is 163 Å². The summed E-state index contributed by atoms with van der Waals surface area (Å²) in [6.07, 6.45) is -2.82. The zero-order valence-electron chi connectivity index (χ0n) is 44.0. The first-order valence-corrected chi connectivity index (χ1v) is 25.7. The summed E-state index contributed by atoms with van der Waals surface area (Å²) in [5, 5.41) is 2.11. The molecule has 12 rings (SSSR count). The number of halogens is 3. The van der Waals surface area contributed by atoms with Gasteiger partial charge in [0.05, 0.1) is 39.2 Å². The Kier molecular flexibility index (Phi) is 10.9. The van der Waals surface area contributed by atoms with E-state index >= 15 is 13.2 Å². The molecule has 0 aliphatic carbocycles. The number of aryl methyl sites for hydroxylation is 5. The van der Waals surface area contributed by atoms with E-state index in [0.29, 0.717) is 33.8 Å². The summed E-state index contributed by atoms with van der Waals surface area (Å²) in [6, 6.07) is 52.9. The number of rotatable bonds is 7. The lowest BCUT2D eigenvalue weighted by atomic mass is 9.73. The standard InChI is InChI=1S/C67H58F3N5/c1-38-31-41(4)60(42(5)32-38)45-28-29-71-59(35-45)74-55-23-17-15-21-51(55)66(9,10)52-26-24-44(34-57(52)74)50-36-47(67(68,69)70)37-58-62(50)73-64(75(58)56-33-39(2)30-40(3)43(56)6)49-25-27-53(65(7,8)46-18-12-11-13-19-46)61-48-20-14-16-22-54(48)72-63(49)61/h11-37,72H,1-10H3. The molecule has 11 aromatic rings. The van der Waals surface area contributed by atoms with Crippen molar-refractivity contribution >= 4 is 50.0 Å². The number of imidazole rings is 1. The van der Waals surface area contributed by atoms with Gasteiger partial charge in [-0.15, -0.1) is 0 Å². The molecule has 372 valence electrons. The summed E-state index contributed by atoms with van der Waals surface area (Å²) in [5.74, 6) is 1.25. The van der Waals surface area contributed by atoms with Crippen LogP contribution in [0.3, 0.4) is 0 Å². The van der Waals surface area contributed by atoms with E-state index in [9.17, 15) is 0 Å². The fourth-order valence-corrected chi connectivity index (χ4v) is 12.4. The van der Waals surface area contributed by atoms with Gasteiger partial charge in [-0.3, -0.25) is 9.47 Å². The number of aromatic nitrogens is 4. The Hall–Kier alpha value is -8.23. The van der Waals surface area contributed by atoms with Crippen molar-refractivity contribution in [1.82, 2.24) is 19.5 Å². The summed E-state index contributed by atoms with van der Waals surface area (Å²) in [5.41, 5.74) is 18.5. The van der Waals surface area contributed by atoms with E-state index < -0.39 is 22.6 Å². The van der Waals surface area contributed by atoms with Gasteiger partial charge in [-0.25, -0.2) is 9.97 Å². The summed E-state index contributed by atoms with van der Waals surface area (Å²) in [7, 11) is 0. The second-order valence-corrected chi connectivity index (χ2v) is 21.8. The van der Waals surface area contributed by atoms with Crippen molar-refractivity contribution in [1.29, 1.82) is 0 Å². The molecule has 8 heteroatoms. The van der Waals surface area contributed by atoms with Crippen molar-refractivity contribution < 1.29 is 13.2 Å². The van der Waals surface area contributed by atoms with Crippen molar-refractivity contribution in [2.75, 3.05) is 4.90 Å². The molecule has 0 atom stereocenters. The second kappa shape index (κ2) is 17.2. The van der Waals surface area contributed by atoms with Crippen LogP contribution in [0, 0.1) is 41.5 Å². The van der Waals surface area contributed by atoms with Crippen LogP contribution in [0.15, 0.2) is 164 Å². The normalized spacial score (nSPS) is 13.5. The lowest BCUT2D eigenvalue weighted by Gasteiger charge is -2.41. The van der Waals surface area contributed by atoms with Gasteiger partial charge in [0.1, 0.15) is 11.6 Å². The first-order chi connectivity index (χ1) is 35.8. The molecule has 1 N–H and O–H groups in total. The van der Waals surface area contributed by atoms with Crippen LogP contribution in [-0.2, 0) is 17.0 Å². The second-order valence-electron chi connectivity index (χ2n) is 21.8. The smallest absolute Gasteiger partial charge is 0.354 e. The number of alkyl halides is 3. The molecule has 0 spiro atoms. The number of H-pyrrole nitrogens is 1. The largest absolute Gasteiger partial charge is 0.416 e. The number of fused-ring (bicyclic) bond motifs is 6. The Labute approximate surface area is 436 Å². The average Bonchev–Trinajstić information content (AvgIpc) is 3.96. The van der Waals surface area contributed by atoms with Crippen LogP contribution in [-0.4, -0.2) is 19.5 Å². The molecule has 0 saturated heterocycles. The highest BCUT2D eigenvalue weighted by Crippen LogP contribution is 2.54. The molecule has 0 bridgehead atoms. The molecule has 4 heterocycles. The van der Waals surface area contributed by atoms with Gasteiger partial charge in [0.15, 0.2) is 0 Å². The lowest BCUT2D eigenvalue weighted by Crippen LogP contribution is -2.31. The van der Waals surface area contributed by atoms with Crippen molar-refractivity contribution in [3.8, 4) is 39.3 Å². The predicted octanol–water partition coefficient (Wildman–Crippen LogP) is 18.4. The first kappa shape index (κ1) is 47.8. The third kappa shape index (κ3) is 7.59. The monoisotopic (exact) mass is 989 g/mol. The van der Waals surface area contributed by atoms with Crippen LogP contribution in [0.2, 0.25) is 0 Å². The third-order valence-electron chi connectivity index (χ3n) is 16.2. The summed E-state index contributed by atoms with van der Waals surface area (Å²) < 4.78 is 49.2. The number of hydrogen-bond acceptors (Lipinski definition) is 3. The zero-order valence-corrected chi connectivity index (χ0v) is 44.0. The highest BCUT2D eigenvalue weighted by molar-refractivity contribution is 6.14. The maximum Gasteiger partial charge on any atom is 0.416 e. The number of pyridine rings is 1. The fourth-order valence-electron chi connectivity index (χ4n) is 12.4. The summed E-state index contributed by atoms with van der Waals surface area (Å²) >= 11 is 0. The zero-order chi connectivity index (χ0) is 52.5. The van der Waals surface area contributed by atoms with Gasteiger partial charge in [0.25, 0.3) is 0 Å². The fraction of sp³-hybridized carbons (Fsp3) is 0.194. The SMILES string of the molecule is Cc1cc(C)c(-c2ccnc(N3c4ccccc4C(C)(C)c4ccc(-c5cc(C(F)(F)F)cc6c5nc(-c5ccc(C(C)(C)c7ccccc7)c7c5[nH]c5ccccc57)n6-c5cc(C)cc(C)c5C)cc43)c2)c(C)c1. The van der Waals surface area contributed by atoms with Crippen molar-refractivity contribution in [3.05, 3.63) is 225 Å². The van der Waals surface area contributed by atoms with E-state index in [4.69, 9.17) is 9.97 Å². The van der Waals surface area contributed by atoms with Crippen LogP contribution in [0.4, 0.5) is 30.4 Å². The topological polar surface area (TPSA) is 49.7 Å². The van der Waals surface area contributed by atoms with Crippen LogP contribution in [0.1, 0.15) is 88.9 Å². The highest BCUT2D eigenvalue weighted by atomic mass is 19.4. The Balaban J connectivity index is 1.15. The van der Waals surface area contributed by atoms with Gasteiger partial charge in [-0.2, -0.15) is 13.2 Å². The van der Waals surface area contributed by atoms with E-state index in [1.54, 1.807) is 0 Å². The lowest BCUT2D eigenvalue weighted by molar-refractivity contribution is -0.137. The van der Waals surface area contributed by atoms with Crippen molar-refractivity contribution in [2.45, 2.75) is 86.2 Å². The highest BCUT2D eigenvalue weighted by Gasteiger charge is 2.39. The summed E-state index contributed by atoms with van der Waals surface area (Å²) in [4.78, 5) is 16.6. The molecule has 0 unspecified atom stereocenters. The molecule has 75 heavy (non-hydrogen) atoms. The molecule has 0 radical (unpaired) electrons. The molecular formula is C67H58F3N5. The Morgan fingerprint density at radius 3 is 2.01 bits per heavy atom. The van der Waals surface area contributed by atoms with Gasteiger partial charge in [-0.1, -0.05) is 136 Å². The minimum absolute atomic E-state index is 0.360. The maximum atomic E-state index is 15.7. The maximum absolute atomic E-state index is 15.7. The minimum atomic E-state index is -4.68. The number of aromatic amines is 1. The van der Waals surface area contributed by atoms with E-state index in [0.717, 1.165) is 88.9 Å². The Morgan fingerprint density at radius 2 is 1.25 bits per heavy atom. The van der Waals surface area contributed by atoms with Gasteiger partial charge >= 0.3 is 6.18 Å². The van der Waals surface area contributed by atoms with Crippen LogP contribution < -0.4 is 4.90 Å². The molecule has 5 nitrogen and oxygen atoms in total. The quantitative estimate of drug-likeness (QED) is 0.173. The number of anilines is 3.